The number of nitrogens with zero attached hydrogens (tertiary/aromatic N) is 2. The van der Waals surface area contributed by atoms with Crippen LogP contribution in [-0.2, 0) is 16.1 Å². The Bertz CT molecular complexity index is 914. The summed E-state index contributed by atoms with van der Waals surface area (Å²) in [5.41, 5.74) is 2.27. The summed E-state index contributed by atoms with van der Waals surface area (Å²) in [7, 11) is 1.68. The maximum Gasteiger partial charge on any atom is 0.409 e. The second kappa shape index (κ2) is 8.24. The zero-order valence-corrected chi connectivity index (χ0v) is 16.2. The minimum absolute atomic E-state index is 0.0509. The number of hydrogen-bond donors (Lipinski definition) is 1. The Balaban J connectivity index is 1.89. The van der Waals surface area contributed by atoms with Crippen molar-refractivity contribution in [3.8, 4) is 0 Å². The summed E-state index contributed by atoms with van der Waals surface area (Å²) >= 11 is 0. The van der Waals surface area contributed by atoms with Gasteiger partial charge >= 0.3 is 6.18 Å². The van der Waals surface area contributed by atoms with Gasteiger partial charge in [0.1, 0.15) is 6.04 Å². The van der Waals surface area contributed by atoms with Gasteiger partial charge in [0.05, 0.1) is 24.3 Å². The van der Waals surface area contributed by atoms with Gasteiger partial charge in [-0.2, -0.15) is 13.2 Å². The number of alkyl halides is 3. The standard InChI is InChI=1S/C21H22F3N3O2/c1-14-7-3-4-8-15(14)12-26(2)13-20(29)27-17-10-6-5-9-16(17)25-19(28)11-18(27)21(22,23)24/h3-10,18H,11-13H2,1-2H3,(H,25,28)/t18-/m0/s1. The van der Waals surface area contributed by atoms with Crippen LogP contribution in [0.3, 0.4) is 0 Å². The van der Waals surface area contributed by atoms with Crippen LogP contribution in [0.15, 0.2) is 48.5 Å². The number of hydrogen-bond acceptors (Lipinski definition) is 3. The molecule has 1 aliphatic rings. The summed E-state index contributed by atoms with van der Waals surface area (Å²) in [6.07, 6.45) is -5.58. The number of anilines is 2. The molecule has 1 aliphatic heterocycles. The van der Waals surface area contributed by atoms with E-state index in [1.807, 2.05) is 31.2 Å². The number of nitrogens with one attached hydrogen (secondary N) is 1. The largest absolute Gasteiger partial charge is 0.409 e. The third kappa shape index (κ3) is 4.76. The third-order valence-corrected chi connectivity index (χ3v) is 4.88. The summed E-state index contributed by atoms with van der Waals surface area (Å²) in [6.45, 7) is 2.14. The van der Waals surface area contributed by atoms with E-state index in [9.17, 15) is 22.8 Å². The summed E-state index contributed by atoms with van der Waals surface area (Å²) in [6, 6.07) is 11.5. The fraction of sp³-hybridized carbons (Fsp3) is 0.333. The third-order valence-electron chi connectivity index (χ3n) is 4.88. The Labute approximate surface area is 167 Å². The van der Waals surface area contributed by atoms with Gasteiger partial charge in [0.2, 0.25) is 11.8 Å². The Kier molecular flexibility index (Phi) is 5.93. The first kappa shape index (κ1) is 20.9. The number of amides is 2. The predicted molar refractivity (Wildman–Crippen MR) is 105 cm³/mol. The van der Waals surface area contributed by atoms with E-state index in [0.717, 1.165) is 11.1 Å². The first-order chi connectivity index (χ1) is 13.7. The smallest absolute Gasteiger partial charge is 0.324 e. The van der Waals surface area contributed by atoms with E-state index in [4.69, 9.17) is 0 Å². The molecule has 5 nitrogen and oxygen atoms in total. The van der Waals surface area contributed by atoms with Crippen molar-refractivity contribution < 1.29 is 22.8 Å². The van der Waals surface area contributed by atoms with E-state index in [0.29, 0.717) is 11.4 Å². The zero-order chi connectivity index (χ0) is 21.2. The van der Waals surface area contributed by atoms with E-state index in [1.54, 1.807) is 24.1 Å². The highest BCUT2D eigenvalue weighted by atomic mass is 19.4. The molecule has 2 aromatic carbocycles. The number of para-hydroxylation sites is 2. The first-order valence-corrected chi connectivity index (χ1v) is 9.17. The maximum atomic E-state index is 13.7. The van der Waals surface area contributed by atoms with Crippen LogP contribution in [0.4, 0.5) is 24.5 Å². The molecule has 0 bridgehead atoms. The number of carbonyl (C=O) groups excluding carboxylic acids is 2. The van der Waals surface area contributed by atoms with Crippen LogP contribution in [0.25, 0.3) is 0 Å². The second-order valence-electron chi connectivity index (χ2n) is 7.19. The molecule has 0 saturated heterocycles. The van der Waals surface area contributed by atoms with E-state index in [-0.39, 0.29) is 17.9 Å². The van der Waals surface area contributed by atoms with E-state index >= 15 is 0 Å². The number of fused-ring (bicyclic) bond motifs is 1. The Hall–Kier alpha value is -2.87. The predicted octanol–water partition coefficient (Wildman–Crippen LogP) is 3.73. The lowest BCUT2D eigenvalue weighted by molar-refractivity contribution is -0.158. The molecule has 1 atom stereocenters. The van der Waals surface area contributed by atoms with Crippen LogP contribution in [-0.4, -0.2) is 42.5 Å². The quantitative estimate of drug-likeness (QED) is 0.843. The highest BCUT2D eigenvalue weighted by Gasteiger charge is 2.49. The van der Waals surface area contributed by atoms with Crippen LogP contribution in [0.1, 0.15) is 17.5 Å². The molecule has 1 heterocycles. The van der Waals surface area contributed by atoms with Crippen LogP contribution in [0.2, 0.25) is 0 Å². The highest BCUT2D eigenvalue weighted by Crippen LogP contribution is 2.37. The lowest BCUT2D eigenvalue weighted by Crippen LogP contribution is -2.52. The normalized spacial score (nSPS) is 17.0. The second-order valence-corrected chi connectivity index (χ2v) is 7.19. The van der Waals surface area contributed by atoms with Crippen LogP contribution in [0.5, 0.6) is 0 Å². The maximum absolute atomic E-state index is 13.7. The van der Waals surface area contributed by atoms with Gasteiger partial charge in [0.25, 0.3) is 0 Å². The molecule has 2 amide bonds. The zero-order valence-electron chi connectivity index (χ0n) is 16.2. The molecule has 0 radical (unpaired) electrons. The van der Waals surface area contributed by atoms with Crippen molar-refractivity contribution in [3.05, 3.63) is 59.7 Å². The highest BCUT2D eigenvalue weighted by molar-refractivity contribution is 6.05. The van der Waals surface area contributed by atoms with Crippen molar-refractivity contribution in [2.24, 2.45) is 0 Å². The lowest BCUT2D eigenvalue weighted by atomic mass is 10.1. The van der Waals surface area contributed by atoms with E-state index in [2.05, 4.69) is 5.32 Å². The molecular weight excluding hydrogens is 383 g/mol. The van der Waals surface area contributed by atoms with Gasteiger partial charge in [-0.1, -0.05) is 36.4 Å². The van der Waals surface area contributed by atoms with Crippen molar-refractivity contribution in [1.29, 1.82) is 0 Å². The van der Waals surface area contributed by atoms with Crippen LogP contribution >= 0.6 is 0 Å². The van der Waals surface area contributed by atoms with Gasteiger partial charge in [-0.3, -0.25) is 19.4 Å². The molecule has 8 heteroatoms. The SMILES string of the molecule is Cc1ccccc1CN(C)CC(=O)N1c2ccccc2NC(=O)C[C@H]1C(F)(F)F. The summed E-state index contributed by atoms with van der Waals surface area (Å²) in [5.74, 6) is -1.49. The molecule has 2 aromatic rings. The Morgan fingerprint density at radius 1 is 1.17 bits per heavy atom. The molecule has 29 heavy (non-hydrogen) atoms. The molecule has 0 unspecified atom stereocenters. The van der Waals surface area contributed by atoms with Crippen molar-refractivity contribution in [2.45, 2.75) is 32.1 Å². The fourth-order valence-corrected chi connectivity index (χ4v) is 3.44. The van der Waals surface area contributed by atoms with Gasteiger partial charge in [-0.25, -0.2) is 0 Å². The van der Waals surface area contributed by atoms with Crippen LogP contribution in [0, 0.1) is 6.92 Å². The molecule has 0 aromatic heterocycles. The number of aryl methyl sites for hydroxylation is 1. The summed E-state index contributed by atoms with van der Waals surface area (Å²) < 4.78 is 41.2. The first-order valence-electron chi connectivity index (χ1n) is 9.17. The molecule has 3 rings (SSSR count). The van der Waals surface area contributed by atoms with Crippen molar-refractivity contribution in [2.75, 3.05) is 23.8 Å². The minimum Gasteiger partial charge on any atom is -0.324 e. The Morgan fingerprint density at radius 3 is 2.52 bits per heavy atom. The molecule has 0 aliphatic carbocycles. The van der Waals surface area contributed by atoms with Crippen molar-refractivity contribution >= 4 is 23.2 Å². The minimum atomic E-state index is -4.74. The van der Waals surface area contributed by atoms with Gasteiger partial charge in [0, 0.05) is 6.54 Å². The molecule has 0 spiro atoms. The fourth-order valence-electron chi connectivity index (χ4n) is 3.44. The number of carbonyl (C=O) groups is 2. The van der Waals surface area contributed by atoms with Gasteiger partial charge in [0.15, 0.2) is 0 Å². The number of rotatable bonds is 4. The van der Waals surface area contributed by atoms with Gasteiger partial charge < -0.3 is 5.32 Å². The average Bonchev–Trinajstić information content (AvgIpc) is 2.79. The summed E-state index contributed by atoms with van der Waals surface area (Å²) in [5, 5.41) is 2.46. The van der Waals surface area contributed by atoms with E-state index < -0.39 is 30.5 Å². The molecule has 0 saturated carbocycles. The number of likely N-dealkylation sites (N-methyl/N-ethyl adjacent to an activating group) is 1. The molecule has 1 N–H and O–H groups in total. The van der Waals surface area contributed by atoms with Crippen molar-refractivity contribution in [1.82, 2.24) is 4.90 Å². The number of halogens is 3. The van der Waals surface area contributed by atoms with Crippen molar-refractivity contribution in [3.63, 3.8) is 0 Å². The molecule has 154 valence electrons. The number of benzene rings is 2. The topological polar surface area (TPSA) is 52.7 Å². The van der Waals surface area contributed by atoms with Gasteiger partial charge in [-0.15, -0.1) is 0 Å². The average molecular weight is 405 g/mol. The summed E-state index contributed by atoms with van der Waals surface area (Å²) in [4.78, 5) is 27.4. The monoisotopic (exact) mass is 405 g/mol. The lowest BCUT2D eigenvalue weighted by Gasteiger charge is -2.33. The Morgan fingerprint density at radius 2 is 1.83 bits per heavy atom. The van der Waals surface area contributed by atoms with Crippen LogP contribution < -0.4 is 10.2 Å². The van der Waals surface area contributed by atoms with E-state index in [1.165, 1.54) is 12.1 Å². The van der Waals surface area contributed by atoms with Gasteiger partial charge in [-0.05, 0) is 37.2 Å². The molecular formula is C21H22F3N3O2. The molecule has 0 fully saturated rings.